The molecule has 0 atom stereocenters. The van der Waals surface area contributed by atoms with Crippen LogP contribution >= 0.6 is 0 Å². The number of aromatic nitrogens is 1. The lowest BCUT2D eigenvalue weighted by Crippen LogP contribution is -2.36. The molecule has 236 valence electrons. The van der Waals surface area contributed by atoms with Crippen molar-refractivity contribution in [1.29, 1.82) is 0 Å². The fourth-order valence-corrected chi connectivity index (χ4v) is 6.01. The first-order valence-corrected chi connectivity index (χ1v) is 15.7. The van der Waals surface area contributed by atoms with Gasteiger partial charge < -0.3 is 4.90 Å². The molecule has 3 heterocycles. The van der Waals surface area contributed by atoms with Crippen LogP contribution < -0.4 is 25.2 Å². The van der Waals surface area contributed by atoms with Gasteiger partial charge in [-0.3, -0.25) is 19.1 Å². The molecule has 2 aliphatic carbocycles. The number of rotatable bonds is 7. The fraction of sp³-hybridized carbons (Fsp3) is 0.375. The highest BCUT2D eigenvalue weighted by Gasteiger charge is 2.65. The number of hydrogen-bond donors (Lipinski definition) is 4. The van der Waals surface area contributed by atoms with E-state index in [1.165, 1.54) is 30.3 Å². The SMILES string of the molecule is CNS(=O)(=O)Nc1cc(CN2C(=O)N(c3ccc(S(=O)(=O)C(F)(F)F)cc3)C(=O)C23CC3)ccn1.O=C1CC(=O)C2(C1)NN2. The Labute approximate surface area is 248 Å². The Bertz CT molecular complexity index is 1780. The number of sulfone groups is 1. The molecule has 4 fully saturated rings. The maximum atomic E-state index is 13.2. The number of benzene rings is 1. The monoisotopic (exact) mass is 659 g/mol. The van der Waals surface area contributed by atoms with Crippen LogP contribution in [0.4, 0.5) is 29.5 Å². The molecular weight excluding hydrogens is 635 g/mol. The highest BCUT2D eigenvalue weighted by Crippen LogP contribution is 2.50. The number of hydrazine groups is 1. The van der Waals surface area contributed by atoms with Gasteiger partial charge in [0.25, 0.3) is 26.0 Å². The van der Waals surface area contributed by atoms with E-state index < -0.39 is 53.6 Å². The summed E-state index contributed by atoms with van der Waals surface area (Å²) < 4.78 is 89.2. The van der Waals surface area contributed by atoms with Crippen LogP contribution in [0.25, 0.3) is 0 Å². The number of halogens is 3. The minimum absolute atomic E-state index is 0.0158. The van der Waals surface area contributed by atoms with Gasteiger partial charge in [-0.1, -0.05) is 0 Å². The number of pyridine rings is 1. The maximum absolute atomic E-state index is 13.2. The molecule has 1 aromatic carbocycles. The van der Waals surface area contributed by atoms with Gasteiger partial charge in [-0.05, 0) is 54.8 Å². The summed E-state index contributed by atoms with van der Waals surface area (Å²) in [4.78, 5) is 52.7. The van der Waals surface area contributed by atoms with Crippen LogP contribution in [-0.4, -0.2) is 74.0 Å². The molecule has 44 heavy (non-hydrogen) atoms. The second-order valence-corrected chi connectivity index (χ2v) is 13.9. The van der Waals surface area contributed by atoms with Crippen LogP contribution in [0, 0.1) is 0 Å². The number of nitrogens with one attached hydrogen (secondary N) is 4. The van der Waals surface area contributed by atoms with E-state index in [1.807, 2.05) is 0 Å². The average Bonchev–Trinajstić information content (AvgIpc) is 3.86. The van der Waals surface area contributed by atoms with Gasteiger partial charge in [-0.2, -0.15) is 21.6 Å². The first-order valence-electron chi connectivity index (χ1n) is 12.8. The number of urea groups is 1. The standard InChI is InChI=1S/C19H18F3N5O6S2.C5H6N2O2/c1-23-35(32,33)25-15-10-12(6-9-24-15)11-26-17(29)27(16(28)18(26)7-8-18)13-2-4-14(5-3-13)34(30,31)19(20,21)22;8-3-1-4(9)5(2-3)6-7-5/h2-6,9-10,23H,7-8,11H2,1H3,(H,24,25);6-7H,1-2H2. The minimum Gasteiger partial charge on any atom is -0.305 e. The number of imide groups is 1. The van der Waals surface area contributed by atoms with Crippen molar-refractivity contribution >= 4 is 55.1 Å². The van der Waals surface area contributed by atoms with Gasteiger partial charge in [0, 0.05) is 26.2 Å². The number of nitrogens with zero attached hydrogens (tertiary/aromatic N) is 3. The number of carbonyl (C=O) groups excluding carboxylic acids is 4. The molecular formula is C24H24F3N7O8S2. The second kappa shape index (κ2) is 10.6. The number of anilines is 2. The Morgan fingerprint density at radius 3 is 2.11 bits per heavy atom. The van der Waals surface area contributed by atoms with Crippen molar-refractivity contribution in [2.45, 2.75) is 53.8 Å². The Balaban J connectivity index is 0.000000361. The first-order chi connectivity index (χ1) is 20.4. The highest BCUT2D eigenvalue weighted by atomic mass is 32.2. The smallest absolute Gasteiger partial charge is 0.305 e. The van der Waals surface area contributed by atoms with Crippen LogP contribution in [0.3, 0.4) is 0 Å². The average molecular weight is 660 g/mol. The van der Waals surface area contributed by atoms with E-state index in [4.69, 9.17) is 0 Å². The van der Waals surface area contributed by atoms with Crippen LogP contribution in [0.2, 0.25) is 0 Å². The Morgan fingerprint density at radius 1 is 1.00 bits per heavy atom. The quantitative estimate of drug-likeness (QED) is 0.182. The van der Waals surface area contributed by atoms with Gasteiger partial charge in [-0.25, -0.2) is 38.7 Å². The summed E-state index contributed by atoms with van der Waals surface area (Å²) >= 11 is 0. The number of amides is 3. The first kappa shape index (κ1) is 31.4. The van der Waals surface area contributed by atoms with Crippen molar-refractivity contribution in [3.63, 3.8) is 0 Å². The zero-order valence-corrected chi connectivity index (χ0v) is 24.3. The molecule has 2 aliphatic heterocycles. The normalized spacial score (nSPS) is 20.3. The van der Waals surface area contributed by atoms with E-state index in [0.717, 1.165) is 17.0 Å². The summed E-state index contributed by atoms with van der Waals surface area (Å²) in [6.07, 6.45) is 2.46. The summed E-state index contributed by atoms with van der Waals surface area (Å²) in [5.41, 5.74) is -1.51. The van der Waals surface area contributed by atoms with Gasteiger partial charge in [0.2, 0.25) is 0 Å². The molecule has 2 aromatic rings. The topological polar surface area (TPSA) is 224 Å². The van der Waals surface area contributed by atoms with Crippen LogP contribution in [0.5, 0.6) is 0 Å². The summed E-state index contributed by atoms with van der Waals surface area (Å²) in [6, 6.07) is 5.48. The van der Waals surface area contributed by atoms with Crippen molar-refractivity contribution < 1.29 is 49.2 Å². The fourth-order valence-electron chi connectivity index (χ4n) is 4.76. The largest absolute Gasteiger partial charge is 0.501 e. The number of alkyl halides is 3. The molecule has 0 bridgehead atoms. The molecule has 2 saturated heterocycles. The molecule has 0 radical (unpaired) electrons. The van der Waals surface area contributed by atoms with E-state index in [-0.39, 0.29) is 36.0 Å². The summed E-state index contributed by atoms with van der Waals surface area (Å²) in [7, 11) is -8.21. The van der Waals surface area contributed by atoms with Crippen LogP contribution in [-0.2, 0) is 41.0 Å². The number of carbonyl (C=O) groups is 4. The van der Waals surface area contributed by atoms with Crippen molar-refractivity contribution in [1.82, 2.24) is 25.5 Å². The lowest BCUT2D eigenvalue weighted by Gasteiger charge is -2.21. The molecule has 20 heteroatoms. The van der Waals surface area contributed by atoms with Gasteiger partial charge in [0.15, 0.2) is 11.4 Å². The van der Waals surface area contributed by atoms with Gasteiger partial charge in [0.05, 0.1) is 17.0 Å². The van der Waals surface area contributed by atoms with E-state index >= 15 is 0 Å². The summed E-state index contributed by atoms with van der Waals surface area (Å²) in [5, 5.41) is 0. The molecule has 4 N–H and O–H groups in total. The Morgan fingerprint density at radius 2 is 1.64 bits per heavy atom. The van der Waals surface area contributed by atoms with Crippen molar-refractivity contribution in [3.05, 3.63) is 48.2 Å². The molecule has 3 amide bonds. The van der Waals surface area contributed by atoms with E-state index in [9.17, 15) is 49.2 Å². The molecule has 6 rings (SSSR count). The van der Waals surface area contributed by atoms with Crippen molar-refractivity contribution in [2.24, 2.45) is 0 Å². The van der Waals surface area contributed by atoms with Gasteiger partial charge >= 0.3 is 11.5 Å². The second-order valence-electron chi connectivity index (χ2n) is 10.3. The molecule has 0 unspecified atom stereocenters. The number of ketones is 2. The Kier molecular flexibility index (Phi) is 7.56. The van der Waals surface area contributed by atoms with Gasteiger partial charge in [0.1, 0.15) is 17.1 Å². The zero-order chi connectivity index (χ0) is 32.3. The third-order valence-electron chi connectivity index (χ3n) is 7.37. The summed E-state index contributed by atoms with van der Waals surface area (Å²) in [6.45, 7) is -0.0710. The molecule has 2 saturated carbocycles. The lowest BCUT2D eigenvalue weighted by molar-refractivity contribution is -0.122. The Hall–Kier alpha value is -3.98. The maximum Gasteiger partial charge on any atom is 0.501 e. The predicted octanol–water partition coefficient (Wildman–Crippen LogP) is 0.475. The molecule has 4 aliphatic rings. The lowest BCUT2D eigenvalue weighted by atomic mass is 10.2. The minimum atomic E-state index is -5.58. The van der Waals surface area contributed by atoms with E-state index in [0.29, 0.717) is 37.0 Å². The van der Waals surface area contributed by atoms with Gasteiger partial charge in [-0.15, -0.1) is 0 Å². The van der Waals surface area contributed by atoms with Crippen LogP contribution in [0.15, 0.2) is 47.5 Å². The highest BCUT2D eigenvalue weighted by molar-refractivity contribution is 7.92. The van der Waals surface area contributed by atoms with Crippen molar-refractivity contribution in [3.8, 4) is 0 Å². The van der Waals surface area contributed by atoms with Crippen molar-refractivity contribution in [2.75, 3.05) is 16.7 Å². The number of Topliss-reactive ketones (excluding diaryl/α,β-unsaturated/α-hetero) is 2. The molecule has 1 aromatic heterocycles. The third-order valence-corrected chi connectivity index (χ3v) is 9.89. The molecule has 15 nitrogen and oxygen atoms in total. The summed E-state index contributed by atoms with van der Waals surface area (Å²) in [5.74, 6) is -0.595. The van der Waals surface area contributed by atoms with Crippen LogP contribution in [0.1, 0.15) is 31.2 Å². The zero-order valence-electron chi connectivity index (χ0n) is 22.6. The van der Waals surface area contributed by atoms with E-state index in [1.54, 1.807) is 0 Å². The number of hydrogen-bond acceptors (Lipinski definition) is 11. The van der Waals surface area contributed by atoms with E-state index in [2.05, 4.69) is 25.3 Å². The third kappa shape index (κ3) is 5.65. The molecule has 2 spiro atoms. The predicted molar refractivity (Wildman–Crippen MR) is 144 cm³/mol.